The van der Waals surface area contributed by atoms with Crippen LogP contribution in [0.25, 0.3) is 0 Å². The Morgan fingerprint density at radius 3 is 2.35 bits per heavy atom. The first kappa shape index (κ1) is 19.3. The number of benzene rings is 1. The highest BCUT2D eigenvalue weighted by Gasteiger charge is 2.35. The van der Waals surface area contributed by atoms with Gasteiger partial charge in [0.25, 0.3) is 0 Å². The van der Waals surface area contributed by atoms with Crippen LogP contribution in [0.2, 0.25) is 5.02 Å². The third kappa shape index (κ3) is 3.80. The van der Waals surface area contributed by atoms with E-state index in [1.165, 1.54) is 4.31 Å². The molecule has 0 unspecified atom stereocenters. The highest BCUT2D eigenvalue weighted by atomic mass is 35.5. The molecule has 1 fully saturated rings. The maximum atomic E-state index is 13.2. The van der Waals surface area contributed by atoms with Crippen LogP contribution in [-0.2, 0) is 16.2 Å². The molecule has 0 radical (unpaired) electrons. The summed E-state index contributed by atoms with van der Waals surface area (Å²) in [6, 6.07) is 3.13. The molecule has 1 aromatic carbocycles. The Labute approximate surface area is 155 Å². The van der Waals surface area contributed by atoms with Gasteiger partial charge in [0.15, 0.2) is 5.13 Å². The summed E-state index contributed by atoms with van der Waals surface area (Å²) in [6.45, 7) is 0.522. The molecule has 3 rings (SSSR count). The van der Waals surface area contributed by atoms with Crippen LogP contribution >= 0.6 is 22.9 Å². The molecular formula is C14H12ClF4N3O2S2. The molecule has 0 saturated carbocycles. The second-order valence-corrected chi connectivity index (χ2v) is 8.83. The van der Waals surface area contributed by atoms with Crippen molar-refractivity contribution in [3.8, 4) is 0 Å². The Bertz CT molecular complexity index is 909. The number of hydrogen-bond donors (Lipinski definition) is 0. The van der Waals surface area contributed by atoms with Crippen LogP contribution in [0.3, 0.4) is 0 Å². The minimum Gasteiger partial charge on any atom is -0.345 e. The van der Waals surface area contributed by atoms with E-state index in [2.05, 4.69) is 4.98 Å². The molecule has 5 nitrogen and oxygen atoms in total. The number of aromatic nitrogens is 1. The number of hydrogen-bond acceptors (Lipinski definition) is 5. The number of rotatable bonds is 3. The van der Waals surface area contributed by atoms with Crippen molar-refractivity contribution in [3.63, 3.8) is 0 Å². The molecule has 1 aliphatic rings. The minimum atomic E-state index is -4.46. The van der Waals surface area contributed by atoms with E-state index in [4.69, 9.17) is 11.6 Å². The van der Waals surface area contributed by atoms with Gasteiger partial charge in [-0.05, 0) is 18.2 Å². The SMILES string of the molecule is O=S(=O)(c1ccc(F)c(Cl)c1)N1CCN(c2ncc(C(F)(F)F)s2)CC1. The first-order chi connectivity index (χ1) is 12.1. The molecule has 0 atom stereocenters. The molecule has 12 heteroatoms. The molecule has 2 heterocycles. The zero-order chi connectivity index (χ0) is 19.1. The molecule has 1 aromatic heterocycles. The van der Waals surface area contributed by atoms with Crippen LogP contribution < -0.4 is 4.90 Å². The monoisotopic (exact) mass is 429 g/mol. The second kappa shape index (κ2) is 6.95. The molecule has 0 aliphatic carbocycles. The lowest BCUT2D eigenvalue weighted by molar-refractivity contribution is -0.134. The largest absolute Gasteiger partial charge is 0.427 e. The lowest BCUT2D eigenvalue weighted by Crippen LogP contribution is -2.48. The number of nitrogens with zero attached hydrogens (tertiary/aromatic N) is 3. The van der Waals surface area contributed by atoms with Gasteiger partial charge in [0, 0.05) is 26.2 Å². The minimum absolute atomic E-state index is 0.0677. The average molecular weight is 430 g/mol. The molecule has 26 heavy (non-hydrogen) atoms. The van der Waals surface area contributed by atoms with Crippen molar-refractivity contribution in [2.75, 3.05) is 31.1 Å². The number of halogens is 5. The van der Waals surface area contributed by atoms with Gasteiger partial charge in [-0.15, -0.1) is 0 Å². The second-order valence-electron chi connectivity index (χ2n) is 5.47. The summed E-state index contributed by atoms with van der Waals surface area (Å²) >= 11 is 6.15. The van der Waals surface area contributed by atoms with Crippen molar-refractivity contribution >= 4 is 38.1 Å². The van der Waals surface area contributed by atoms with Crippen LogP contribution in [0, 0.1) is 5.82 Å². The van der Waals surface area contributed by atoms with E-state index in [1.54, 1.807) is 4.90 Å². The number of thiazole rings is 1. The zero-order valence-electron chi connectivity index (χ0n) is 13.0. The van der Waals surface area contributed by atoms with Crippen LogP contribution in [0.15, 0.2) is 29.3 Å². The molecule has 0 N–H and O–H groups in total. The van der Waals surface area contributed by atoms with Gasteiger partial charge in [-0.2, -0.15) is 17.5 Å². The Kier molecular flexibility index (Phi) is 5.17. The number of anilines is 1. The van der Waals surface area contributed by atoms with Crippen LogP contribution in [-0.4, -0.2) is 43.9 Å². The summed E-state index contributed by atoms with van der Waals surface area (Å²) in [6.07, 6.45) is -3.69. The smallest absolute Gasteiger partial charge is 0.345 e. The number of sulfonamides is 1. The number of alkyl halides is 3. The standard InChI is InChI=1S/C14H12ClF4N3O2S2/c15-10-7-9(1-2-11(10)16)26(23,24)22-5-3-21(4-6-22)13-20-8-12(25-13)14(17,18)19/h1-2,7-8H,3-6H2. The average Bonchev–Trinajstić information content (AvgIpc) is 3.08. The van der Waals surface area contributed by atoms with Crippen LogP contribution in [0.1, 0.15) is 4.88 Å². The summed E-state index contributed by atoms with van der Waals surface area (Å²) in [5.74, 6) is -0.723. The molecule has 1 saturated heterocycles. The van der Waals surface area contributed by atoms with Gasteiger partial charge >= 0.3 is 6.18 Å². The fraction of sp³-hybridized carbons (Fsp3) is 0.357. The predicted molar refractivity (Wildman–Crippen MR) is 89.5 cm³/mol. The molecule has 0 spiro atoms. The van der Waals surface area contributed by atoms with Crippen molar-refractivity contribution < 1.29 is 26.0 Å². The number of piperazine rings is 1. The fourth-order valence-electron chi connectivity index (χ4n) is 2.45. The first-order valence-corrected chi connectivity index (χ1v) is 9.95. The van der Waals surface area contributed by atoms with Gasteiger partial charge < -0.3 is 4.90 Å². The van der Waals surface area contributed by atoms with Gasteiger partial charge in [-0.3, -0.25) is 0 Å². The maximum Gasteiger partial charge on any atom is 0.427 e. The van der Waals surface area contributed by atoms with E-state index in [1.807, 2.05) is 0 Å². The van der Waals surface area contributed by atoms with E-state index < -0.39 is 26.9 Å². The molecule has 0 amide bonds. The normalized spacial score (nSPS) is 16.9. The van der Waals surface area contributed by atoms with Crippen molar-refractivity contribution in [2.24, 2.45) is 0 Å². The van der Waals surface area contributed by atoms with Gasteiger partial charge in [0.2, 0.25) is 10.0 Å². The van der Waals surface area contributed by atoms with E-state index in [9.17, 15) is 26.0 Å². The van der Waals surface area contributed by atoms with Gasteiger partial charge in [-0.1, -0.05) is 22.9 Å². The molecule has 142 valence electrons. The zero-order valence-corrected chi connectivity index (χ0v) is 15.4. The summed E-state index contributed by atoms with van der Waals surface area (Å²) in [5.41, 5.74) is 0. The Hall–Kier alpha value is -1.43. The van der Waals surface area contributed by atoms with E-state index in [-0.39, 0.29) is 41.2 Å². The third-order valence-corrected chi connectivity index (χ3v) is 7.10. The van der Waals surface area contributed by atoms with Gasteiger partial charge in [0.05, 0.1) is 16.1 Å². The fourth-order valence-corrected chi connectivity index (χ4v) is 4.98. The third-order valence-electron chi connectivity index (χ3n) is 3.81. The Morgan fingerprint density at radius 1 is 1.15 bits per heavy atom. The topological polar surface area (TPSA) is 53.5 Å². The molecule has 2 aromatic rings. The molecular weight excluding hydrogens is 418 g/mol. The summed E-state index contributed by atoms with van der Waals surface area (Å²) < 4.78 is 77.6. The lowest BCUT2D eigenvalue weighted by Gasteiger charge is -2.33. The van der Waals surface area contributed by atoms with Gasteiger partial charge in [-0.25, -0.2) is 17.8 Å². The summed E-state index contributed by atoms with van der Waals surface area (Å²) in [5, 5.41) is -0.105. The maximum absolute atomic E-state index is 13.2. The summed E-state index contributed by atoms with van der Waals surface area (Å²) in [4.78, 5) is 4.44. The molecule has 0 bridgehead atoms. The van der Waals surface area contributed by atoms with Crippen molar-refractivity contribution in [1.29, 1.82) is 0 Å². The van der Waals surface area contributed by atoms with Crippen LogP contribution in [0.4, 0.5) is 22.7 Å². The van der Waals surface area contributed by atoms with Crippen molar-refractivity contribution in [2.45, 2.75) is 11.1 Å². The van der Waals surface area contributed by atoms with Crippen molar-refractivity contribution in [1.82, 2.24) is 9.29 Å². The highest BCUT2D eigenvalue weighted by molar-refractivity contribution is 7.89. The van der Waals surface area contributed by atoms with E-state index in [0.29, 0.717) is 11.3 Å². The Balaban J connectivity index is 1.71. The van der Waals surface area contributed by atoms with Crippen LogP contribution in [0.5, 0.6) is 0 Å². The summed E-state index contributed by atoms with van der Waals surface area (Å²) in [7, 11) is -3.87. The first-order valence-electron chi connectivity index (χ1n) is 7.32. The van der Waals surface area contributed by atoms with Crippen molar-refractivity contribution in [3.05, 3.63) is 40.1 Å². The molecule has 1 aliphatic heterocycles. The van der Waals surface area contributed by atoms with Gasteiger partial charge in [0.1, 0.15) is 10.7 Å². The Morgan fingerprint density at radius 2 is 1.81 bits per heavy atom. The predicted octanol–water partition coefficient (Wildman–Crippen LogP) is 3.47. The quantitative estimate of drug-likeness (QED) is 0.701. The lowest BCUT2D eigenvalue weighted by atomic mass is 10.3. The van der Waals surface area contributed by atoms with E-state index >= 15 is 0 Å². The highest BCUT2D eigenvalue weighted by Crippen LogP contribution is 2.36. The van der Waals surface area contributed by atoms with E-state index in [0.717, 1.165) is 24.4 Å².